The predicted octanol–water partition coefficient (Wildman–Crippen LogP) is 5.97. The number of halogens is 2. The lowest BCUT2D eigenvalue weighted by Gasteiger charge is -2.10. The molecule has 0 unspecified atom stereocenters. The molecule has 0 aliphatic rings. The maximum absolute atomic E-state index is 13.8. The van der Waals surface area contributed by atoms with Crippen molar-refractivity contribution < 1.29 is 18.3 Å². The second-order valence-corrected chi connectivity index (χ2v) is 8.15. The Morgan fingerprint density at radius 3 is 2.56 bits per heavy atom. The van der Waals surface area contributed by atoms with Crippen LogP contribution in [0.1, 0.15) is 38.4 Å². The number of amides is 1. The zero-order valence-electron chi connectivity index (χ0n) is 19.2. The highest BCUT2D eigenvalue weighted by Crippen LogP contribution is 2.23. The molecule has 1 N–H and O–H groups in total. The standard InChI is InChI=1S/C27H25F2N3O2/c1-17-7-4-5-9-22(17)15-32-19(3)26(18(2)31-32)30-27(33)21-10-6-8-20(13-21)16-34-25-12-11-23(28)14-24(25)29/h4-14H,15-16H2,1-3H3,(H,30,33). The van der Waals surface area contributed by atoms with E-state index in [1.165, 1.54) is 11.6 Å². The van der Waals surface area contributed by atoms with E-state index in [4.69, 9.17) is 4.74 Å². The van der Waals surface area contributed by atoms with Gasteiger partial charge in [0.05, 0.1) is 23.6 Å². The molecule has 5 nitrogen and oxygen atoms in total. The summed E-state index contributed by atoms with van der Waals surface area (Å²) >= 11 is 0. The highest BCUT2D eigenvalue weighted by molar-refractivity contribution is 6.05. The summed E-state index contributed by atoms with van der Waals surface area (Å²) in [6.45, 7) is 6.50. The minimum atomic E-state index is -0.775. The van der Waals surface area contributed by atoms with Gasteiger partial charge in [0.25, 0.3) is 5.91 Å². The number of carbonyl (C=O) groups excluding carboxylic acids is 1. The van der Waals surface area contributed by atoms with E-state index in [-0.39, 0.29) is 18.3 Å². The van der Waals surface area contributed by atoms with E-state index >= 15 is 0 Å². The van der Waals surface area contributed by atoms with Crippen LogP contribution in [0, 0.1) is 32.4 Å². The first-order valence-electron chi connectivity index (χ1n) is 10.9. The van der Waals surface area contributed by atoms with Crippen molar-refractivity contribution in [2.75, 3.05) is 5.32 Å². The maximum Gasteiger partial charge on any atom is 0.255 e. The van der Waals surface area contributed by atoms with Crippen molar-refractivity contribution in [1.82, 2.24) is 9.78 Å². The molecule has 0 radical (unpaired) electrons. The third-order valence-electron chi connectivity index (χ3n) is 5.68. The SMILES string of the molecule is Cc1ccccc1Cn1nc(C)c(NC(=O)c2cccc(COc3ccc(F)cc3F)c2)c1C. The van der Waals surface area contributed by atoms with Gasteiger partial charge < -0.3 is 10.1 Å². The summed E-state index contributed by atoms with van der Waals surface area (Å²) in [6, 6.07) is 18.1. The molecule has 1 aromatic heterocycles. The van der Waals surface area contributed by atoms with Crippen LogP contribution in [-0.4, -0.2) is 15.7 Å². The van der Waals surface area contributed by atoms with Crippen LogP contribution in [0.2, 0.25) is 0 Å². The molecule has 0 atom stereocenters. The van der Waals surface area contributed by atoms with Crippen LogP contribution in [0.15, 0.2) is 66.7 Å². The molecule has 0 spiro atoms. The van der Waals surface area contributed by atoms with Crippen LogP contribution < -0.4 is 10.1 Å². The number of hydrogen-bond acceptors (Lipinski definition) is 3. The van der Waals surface area contributed by atoms with E-state index in [2.05, 4.69) is 29.5 Å². The van der Waals surface area contributed by atoms with E-state index in [0.717, 1.165) is 29.1 Å². The molecule has 0 aliphatic carbocycles. The van der Waals surface area contributed by atoms with Crippen molar-refractivity contribution in [1.29, 1.82) is 0 Å². The topological polar surface area (TPSA) is 56.2 Å². The lowest BCUT2D eigenvalue weighted by atomic mass is 10.1. The predicted molar refractivity (Wildman–Crippen MR) is 127 cm³/mol. The summed E-state index contributed by atoms with van der Waals surface area (Å²) in [5, 5.41) is 7.58. The van der Waals surface area contributed by atoms with E-state index in [1.807, 2.05) is 30.7 Å². The van der Waals surface area contributed by atoms with E-state index in [1.54, 1.807) is 24.3 Å². The van der Waals surface area contributed by atoms with Gasteiger partial charge in [0.2, 0.25) is 0 Å². The Labute approximate surface area is 197 Å². The highest BCUT2D eigenvalue weighted by atomic mass is 19.1. The van der Waals surface area contributed by atoms with Gasteiger partial charge in [0.1, 0.15) is 12.4 Å². The van der Waals surface area contributed by atoms with Crippen molar-refractivity contribution in [3.8, 4) is 5.75 Å². The Bertz CT molecular complexity index is 1350. The Balaban J connectivity index is 1.47. The van der Waals surface area contributed by atoms with Gasteiger partial charge in [0, 0.05) is 11.6 Å². The minimum Gasteiger partial charge on any atom is -0.486 e. The number of ether oxygens (including phenoxy) is 1. The number of carbonyl (C=O) groups is 1. The lowest BCUT2D eigenvalue weighted by molar-refractivity contribution is 0.102. The smallest absolute Gasteiger partial charge is 0.255 e. The Morgan fingerprint density at radius 1 is 1.00 bits per heavy atom. The molecule has 34 heavy (non-hydrogen) atoms. The number of nitrogens with one attached hydrogen (secondary N) is 1. The third-order valence-corrected chi connectivity index (χ3v) is 5.68. The van der Waals surface area contributed by atoms with Gasteiger partial charge in [-0.3, -0.25) is 9.48 Å². The number of anilines is 1. The first-order chi connectivity index (χ1) is 16.3. The number of aryl methyl sites for hydroxylation is 2. The van der Waals surface area contributed by atoms with Gasteiger partial charge >= 0.3 is 0 Å². The number of aromatic nitrogens is 2. The van der Waals surface area contributed by atoms with Crippen LogP contribution in [0.3, 0.4) is 0 Å². The van der Waals surface area contributed by atoms with Gasteiger partial charge in [-0.05, 0) is 61.7 Å². The van der Waals surface area contributed by atoms with Crippen LogP contribution >= 0.6 is 0 Å². The van der Waals surface area contributed by atoms with Crippen molar-refractivity contribution in [3.05, 3.63) is 112 Å². The number of rotatable bonds is 7. The van der Waals surface area contributed by atoms with Gasteiger partial charge in [0.15, 0.2) is 11.6 Å². The first kappa shape index (κ1) is 23.2. The molecule has 0 saturated carbocycles. The zero-order valence-corrected chi connectivity index (χ0v) is 19.2. The first-order valence-corrected chi connectivity index (χ1v) is 10.9. The largest absolute Gasteiger partial charge is 0.486 e. The summed E-state index contributed by atoms with van der Waals surface area (Å²) in [5.74, 6) is -1.78. The van der Waals surface area contributed by atoms with Gasteiger partial charge in [-0.2, -0.15) is 5.10 Å². The van der Waals surface area contributed by atoms with E-state index in [9.17, 15) is 13.6 Å². The molecule has 0 aliphatic heterocycles. The normalized spacial score (nSPS) is 10.9. The molecular formula is C27H25F2N3O2. The summed E-state index contributed by atoms with van der Waals surface area (Å²) in [6.07, 6.45) is 0. The Hall–Kier alpha value is -4.00. The molecule has 0 saturated heterocycles. The average molecular weight is 462 g/mol. The van der Waals surface area contributed by atoms with Crippen LogP contribution in [0.25, 0.3) is 0 Å². The van der Waals surface area contributed by atoms with Crippen LogP contribution in [0.4, 0.5) is 14.5 Å². The van der Waals surface area contributed by atoms with Gasteiger partial charge in [-0.25, -0.2) is 8.78 Å². The average Bonchev–Trinajstić information content (AvgIpc) is 3.07. The molecule has 1 heterocycles. The molecule has 0 bridgehead atoms. The summed E-state index contributed by atoms with van der Waals surface area (Å²) in [5.41, 5.74) is 5.72. The number of benzene rings is 3. The van der Waals surface area contributed by atoms with E-state index < -0.39 is 11.6 Å². The van der Waals surface area contributed by atoms with Crippen molar-refractivity contribution >= 4 is 11.6 Å². The molecule has 1 amide bonds. The number of nitrogens with zero attached hydrogens (tertiary/aromatic N) is 2. The van der Waals surface area contributed by atoms with Gasteiger partial charge in [-0.15, -0.1) is 0 Å². The fourth-order valence-corrected chi connectivity index (χ4v) is 3.72. The summed E-state index contributed by atoms with van der Waals surface area (Å²) in [4.78, 5) is 13.0. The van der Waals surface area contributed by atoms with Crippen LogP contribution in [0.5, 0.6) is 5.75 Å². The molecule has 4 rings (SSSR count). The second kappa shape index (κ2) is 9.87. The molecule has 3 aromatic carbocycles. The molecule has 0 fully saturated rings. The quantitative estimate of drug-likeness (QED) is 0.369. The highest BCUT2D eigenvalue weighted by Gasteiger charge is 2.16. The fraction of sp³-hybridized carbons (Fsp3) is 0.185. The van der Waals surface area contributed by atoms with Crippen molar-refractivity contribution in [2.24, 2.45) is 0 Å². The third kappa shape index (κ3) is 5.14. The molecule has 7 heteroatoms. The molecule has 174 valence electrons. The Morgan fingerprint density at radius 2 is 1.79 bits per heavy atom. The lowest BCUT2D eigenvalue weighted by Crippen LogP contribution is -2.14. The summed E-state index contributed by atoms with van der Waals surface area (Å²) < 4.78 is 34.2. The maximum atomic E-state index is 13.8. The van der Waals surface area contributed by atoms with E-state index in [0.29, 0.717) is 23.4 Å². The van der Waals surface area contributed by atoms with Crippen molar-refractivity contribution in [3.63, 3.8) is 0 Å². The monoisotopic (exact) mass is 461 g/mol. The number of hydrogen-bond donors (Lipinski definition) is 1. The van der Waals surface area contributed by atoms with Crippen molar-refractivity contribution in [2.45, 2.75) is 33.9 Å². The van der Waals surface area contributed by atoms with Crippen LogP contribution in [-0.2, 0) is 13.2 Å². The summed E-state index contributed by atoms with van der Waals surface area (Å²) in [7, 11) is 0. The fourth-order valence-electron chi connectivity index (χ4n) is 3.72. The molecule has 4 aromatic rings. The molecular weight excluding hydrogens is 436 g/mol. The minimum absolute atomic E-state index is 0.0378. The zero-order chi connectivity index (χ0) is 24.2. The Kier molecular flexibility index (Phi) is 6.72. The second-order valence-electron chi connectivity index (χ2n) is 8.15. The van der Waals surface area contributed by atoms with Gasteiger partial charge in [-0.1, -0.05) is 36.4 Å².